The van der Waals surface area contributed by atoms with Crippen LogP contribution in [-0.4, -0.2) is 27.9 Å². The van der Waals surface area contributed by atoms with E-state index < -0.39 is 11.6 Å². The molecule has 7 rings (SSSR count). The Balaban J connectivity index is 0.000000190. The molecule has 0 aliphatic rings. The molecule has 1 aromatic heterocycles. The second-order valence-electron chi connectivity index (χ2n) is 10.7. The second-order valence-corrected chi connectivity index (χ2v) is 14.4. The first-order valence-electron chi connectivity index (χ1n) is 15.5. The summed E-state index contributed by atoms with van der Waals surface area (Å²) in [5.41, 5.74) is 18.6. The standard InChI is InChI=1S/C20H12Br2N2.C14H8Br2O2.C6H8N2.CH3Cl/c21-15-9-5-13(6-10-15)19-20(14-7-11-16(22)12-8-14)24-18-4-2-1-3-17(18)23-19;15-11-5-1-9(2-6-11)13(17)14(18)10-3-7-12(16)8-4-10;7-5-3-1-2-4-6(5)8;1-2/h1-12H;1-8H;1-4H,7-8H2;1H3. The lowest BCUT2D eigenvalue weighted by molar-refractivity contribution is 0.0817. The van der Waals surface area contributed by atoms with Crippen LogP contribution in [0.3, 0.4) is 0 Å². The average Bonchev–Trinajstić information content (AvgIpc) is 3.17. The van der Waals surface area contributed by atoms with Gasteiger partial charge in [0.25, 0.3) is 0 Å². The largest absolute Gasteiger partial charge is 0.397 e. The van der Waals surface area contributed by atoms with Crippen molar-refractivity contribution in [2.24, 2.45) is 0 Å². The summed E-state index contributed by atoms with van der Waals surface area (Å²) < 4.78 is 3.83. The number of aromatic nitrogens is 2. The Bertz CT molecular complexity index is 2090. The van der Waals surface area contributed by atoms with Gasteiger partial charge in [-0.3, -0.25) is 9.59 Å². The molecule has 0 aliphatic carbocycles. The van der Waals surface area contributed by atoms with Crippen molar-refractivity contribution in [2.75, 3.05) is 17.9 Å². The molecule has 6 nitrogen and oxygen atoms in total. The van der Waals surface area contributed by atoms with Crippen LogP contribution in [0.1, 0.15) is 20.7 Å². The van der Waals surface area contributed by atoms with Crippen molar-refractivity contribution in [2.45, 2.75) is 0 Å². The Labute approximate surface area is 341 Å². The fraction of sp³-hybridized carbons (Fsp3) is 0.0244. The number of benzene rings is 6. The summed E-state index contributed by atoms with van der Waals surface area (Å²) in [4.78, 5) is 33.7. The lowest BCUT2D eigenvalue weighted by atomic mass is 10.0. The number of nitrogens with two attached hydrogens (primary N) is 2. The van der Waals surface area contributed by atoms with Gasteiger partial charge in [-0.15, -0.1) is 11.6 Å². The number of carbonyl (C=O) groups excluding carboxylic acids is 2. The molecule has 0 fully saturated rings. The molecule has 0 amide bonds. The quantitative estimate of drug-likeness (QED) is 0.0769. The van der Waals surface area contributed by atoms with Crippen LogP contribution in [0, 0.1) is 0 Å². The van der Waals surface area contributed by atoms with Gasteiger partial charge < -0.3 is 11.5 Å². The molecule has 0 radical (unpaired) electrons. The van der Waals surface area contributed by atoms with E-state index in [9.17, 15) is 9.59 Å². The minimum Gasteiger partial charge on any atom is -0.397 e. The van der Waals surface area contributed by atoms with E-state index in [-0.39, 0.29) is 0 Å². The van der Waals surface area contributed by atoms with Crippen molar-refractivity contribution < 1.29 is 9.59 Å². The van der Waals surface area contributed by atoms with E-state index in [2.05, 4.69) is 99.6 Å². The van der Waals surface area contributed by atoms with Gasteiger partial charge in [0.15, 0.2) is 0 Å². The molecule has 4 N–H and O–H groups in total. The van der Waals surface area contributed by atoms with Gasteiger partial charge in [-0.25, -0.2) is 9.97 Å². The molecule has 11 heteroatoms. The number of fused-ring (bicyclic) bond motifs is 1. The van der Waals surface area contributed by atoms with Crippen LogP contribution < -0.4 is 11.5 Å². The Hall–Kier alpha value is -4.19. The summed E-state index contributed by atoms with van der Waals surface area (Å²) in [6.07, 6.45) is 1.47. The van der Waals surface area contributed by atoms with E-state index in [0.29, 0.717) is 22.5 Å². The van der Waals surface area contributed by atoms with Gasteiger partial charge in [-0.1, -0.05) is 112 Å². The lowest BCUT2D eigenvalue weighted by Gasteiger charge is -2.11. The molecule has 1 heterocycles. The van der Waals surface area contributed by atoms with Crippen LogP contribution >= 0.6 is 75.3 Å². The summed E-state index contributed by atoms with van der Waals surface area (Å²) >= 11 is 18.2. The fourth-order valence-electron chi connectivity index (χ4n) is 4.59. The molecule has 0 atom stereocenters. The van der Waals surface area contributed by atoms with Gasteiger partial charge in [-0.05, 0) is 97.1 Å². The van der Waals surface area contributed by atoms with Gasteiger partial charge in [0.05, 0.1) is 33.8 Å². The molecule has 52 heavy (non-hydrogen) atoms. The molecule has 0 aliphatic heterocycles. The van der Waals surface area contributed by atoms with Crippen molar-refractivity contribution in [1.82, 2.24) is 9.97 Å². The summed E-state index contributed by atoms with van der Waals surface area (Å²) in [6, 6.07) is 45.0. The van der Waals surface area contributed by atoms with E-state index in [1.54, 1.807) is 60.7 Å². The zero-order chi connectivity index (χ0) is 37.6. The number of hydrogen-bond donors (Lipinski definition) is 2. The van der Waals surface area contributed by atoms with E-state index in [1.165, 1.54) is 6.38 Å². The van der Waals surface area contributed by atoms with Crippen molar-refractivity contribution in [1.29, 1.82) is 0 Å². The number of ketones is 2. The summed E-state index contributed by atoms with van der Waals surface area (Å²) in [7, 11) is 0. The Morgan fingerprint density at radius 2 is 0.712 bits per heavy atom. The third kappa shape index (κ3) is 11.4. The highest BCUT2D eigenvalue weighted by Gasteiger charge is 2.18. The number of halogens is 5. The normalized spacial score (nSPS) is 10.0. The van der Waals surface area contributed by atoms with Crippen molar-refractivity contribution in [3.63, 3.8) is 0 Å². The zero-order valence-electron chi connectivity index (χ0n) is 27.6. The van der Waals surface area contributed by atoms with Gasteiger partial charge in [0.2, 0.25) is 11.6 Å². The van der Waals surface area contributed by atoms with Gasteiger partial charge in [0, 0.05) is 46.5 Å². The van der Waals surface area contributed by atoms with Gasteiger partial charge in [0.1, 0.15) is 0 Å². The monoisotopic (exact) mass is 962 g/mol. The summed E-state index contributed by atoms with van der Waals surface area (Å²) in [5.74, 6) is -0.991. The van der Waals surface area contributed by atoms with Crippen LogP contribution in [-0.2, 0) is 0 Å². The summed E-state index contributed by atoms with van der Waals surface area (Å²) in [6.45, 7) is 0. The molecule has 0 saturated heterocycles. The predicted octanol–water partition coefficient (Wildman–Crippen LogP) is 12.5. The van der Waals surface area contributed by atoms with E-state index in [4.69, 9.17) is 21.4 Å². The number of para-hydroxylation sites is 4. The molecular weight excluding hydrogens is 936 g/mol. The molecular formula is C41H31Br4ClN4O2. The molecule has 0 unspecified atom stereocenters. The highest BCUT2D eigenvalue weighted by Crippen LogP contribution is 2.32. The van der Waals surface area contributed by atoms with E-state index in [0.717, 1.165) is 51.4 Å². The van der Waals surface area contributed by atoms with E-state index >= 15 is 0 Å². The molecule has 7 aromatic rings. The zero-order valence-corrected chi connectivity index (χ0v) is 34.7. The SMILES string of the molecule is Brc1ccc(-c2nc3ccccc3nc2-c2ccc(Br)cc2)cc1.CCl.Nc1ccccc1N.O=C(C(=O)c1ccc(Br)cc1)c1ccc(Br)cc1. The maximum Gasteiger partial charge on any atom is 0.233 e. The second kappa shape index (κ2) is 20.2. The maximum atomic E-state index is 12.0. The third-order valence-corrected chi connectivity index (χ3v) is 9.34. The summed E-state index contributed by atoms with van der Waals surface area (Å²) in [5, 5.41) is 0. The number of alkyl halides is 1. The number of nitrogen functional groups attached to an aromatic ring is 2. The van der Waals surface area contributed by atoms with Crippen LogP contribution in [0.5, 0.6) is 0 Å². The number of hydrogen-bond acceptors (Lipinski definition) is 6. The van der Waals surface area contributed by atoms with Crippen molar-refractivity contribution in [3.05, 3.63) is 175 Å². The topological polar surface area (TPSA) is 112 Å². The number of nitrogens with zero attached hydrogens (tertiary/aromatic N) is 2. The number of anilines is 2. The van der Waals surface area contributed by atoms with Gasteiger partial charge in [-0.2, -0.15) is 0 Å². The van der Waals surface area contributed by atoms with Gasteiger partial charge >= 0.3 is 0 Å². The number of carbonyl (C=O) groups is 2. The minimum atomic E-state index is -0.496. The van der Waals surface area contributed by atoms with Crippen molar-refractivity contribution in [3.8, 4) is 22.5 Å². The fourth-order valence-corrected chi connectivity index (χ4v) is 5.65. The molecule has 0 bridgehead atoms. The Kier molecular flexibility index (Phi) is 15.7. The molecule has 6 aromatic carbocycles. The van der Waals surface area contributed by atoms with Crippen LogP contribution in [0.2, 0.25) is 0 Å². The predicted molar refractivity (Wildman–Crippen MR) is 230 cm³/mol. The highest BCUT2D eigenvalue weighted by molar-refractivity contribution is 9.11. The molecule has 0 spiro atoms. The highest BCUT2D eigenvalue weighted by atomic mass is 79.9. The van der Waals surface area contributed by atoms with Crippen molar-refractivity contribution >= 4 is 109 Å². The number of Topliss-reactive ketones (excluding diaryl/α,β-unsaturated/α-hetero) is 2. The molecule has 262 valence electrons. The Morgan fingerprint density at radius 3 is 1.00 bits per heavy atom. The van der Waals surface area contributed by atoms with E-state index in [1.807, 2.05) is 60.7 Å². The average molecular weight is 967 g/mol. The maximum absolute atomic E-state index is 12.0. The first kappa shape index (κ1) is 40.6. The Morgan fingerprint density at radius 1 is 0.442 bits per heavy atom. The number of rotatable bonds is 5. The third-order valence-electron chi connectivity index (χ3n) is 7.22. The lowest BCUT2D eigenvalue weighted by Crippen LogP contribution is -2.14. The first-order valence-corrected chi connectivity index (χ1v) is 19.4. The first-order chi connectivity index (χ1) is 25.1. The minimum absolute atomic E-state index is 0.395. The van der Waals surface area contributed by atoms with Crippen LogP contribution in [0.25, 0.3) is 33.5 Å². The van der Waals surface area contributed by atoms with Crippen LogP contribution in [0.15, 0.2) is 163 Å². The van der Waals surface area contributed by atoms with Crippen LogP contribution in [0.4, 0.5) is 11.4 Å². The molecule has 0 saturated carbocycles. The smallest absolute Gasteiger partial charge is 0.233 e.